The maximum atomic E-state index is 12.6. The largest absolute Gasteiger partial charge is 0.494 e. The summed E-state index contributed by atoms with van der Waals surface area (Å²) in [5.41, 5.74) is 11.5. The van der Waals surface area contributed by atoms with E-state index in [9.17, 15) is 9.59 Å². The van der Waals surface area contributed by atoms with Gasteiger partial charge in [0.15, 0.2) is 22.4 Å². The van der Waals surface area contributed by atoms with Gasteiger partial charge in [0, 0.05) is 35.7 Å². The molecule has 0 radical (unpaired) electrons. The average molecular weight is 453 g/mol. The van der Waals surface area contributed by atoms with E-state index in [1.807, 2.05) is 0 Å². The Morgan fingerprint density at radius 3 is 2.75 bits per heavy atom. The van der Waals surface area contributed by atoms with Crippen LogP contribution >= 0.6 is 11.3 Å². The van der Waals surface area contributed by atoms with Gasteiger partial charge in [0.2, 0.25) is 11.7 Å². The van der Waals surface area contributed by atoms with Gasteiger partial charge in [-0.2, -0.15) is 0 Å². The van der Waals surface area contributed by atoms with Crippen LogP contribution in [0.1, 0.15) is 31.5 Å². The number of allylic oxidation sites excluding steroid dienone is 1. The molecule has 0 saturated heterocycles. The number of ether oxygens (including phenoxy) is 3. The minimum absolute atomic E-state index is 0.105. The summed E-state index contributed by atoms with van der Waals surface area (Å²) in [6.45, 7) is 0. The normalized spacial score (nSPS) is 12.1. The topological polar surface area (TPSA) is 178 Å². The number of hydrogen-bond acceptors (Lipinski definition) is 11. The number of carbonyl (C=O) groups excluding carboxylic acids is 2. The molecule has 12 nitrogen and oxygen atoms in total. The van der Waals surface area contributed by atoms with Gasteiger partial charge in [0.25, 0.3) is 5.95 Å². The van der Waals surface area contributed by atoms with Crippen LogP contribution in [0.4, 0.5) is 5.69 Å². The van der Waals surface area contributed by atoms with Gasteiger partial charge in [-0.05, 0) is 0 Å². The molecular formula is C19H15N7O5S. The fourth-order valence-electron chi connectivity index (χ4n) is 2.78. The Morgan fingerprint density at radius 2 is 2.03 bits per heavy atom. The summed E-state index contributed by atoms with van der Waals surface area (Å²) in [6.07, 6.45) is 5.71. The van der Waals surface area contributed by atoms with Crippen LogP contribution in [0.2, 0.25) is 0 Å². The van der Waals surface area contributed by atoms with Gasteiger partial charge < -0.3 is 25.7 Å². The molecule has 0 aromatic carbocycles. The molecule has 0 spiro atoms. The monoisotopic (exact) mass is 453 g/mol. The molecular weight excluding hydrogens is 438 g/mol. The zero-order valence-corrected chi connectivity index (χ0v) is 17.3. The number of thiazole rings is 1. The van der Waals surface area contributed by atoms with Crippen molar-refractivity contribution in [2.24, 2.45) is 16.5 Å². The van der Waals surface area contributed by atoms with Crippen molar-refractivity contribution in [3.8, 4) is 11.6 Å². The Balaban J connectivity index is 1.53. The average Bonchev–Trinajstić information content (AvgIpc) is 3.32. The summed E-state index contributed by atoms with van der Waals surface area (Å²) in [6, 6.07) is 1.43. The number of esters is 1. The number of hydrogen-bond donors (Lipinski definition) is 2. The molecule has 0 amide bonds. The molecule has 162 valence electrons. The number of guanidine groups is 1. The number of pyridine rings is 1. The molecule has 32 heavy (non-hydrogen) atoms. The number of methoxy groups -OCH3 is 1. The van der Waals surface area contributed by atoms with E-state index < -0.39 is 5.97 Å². The maximum absolute atomic E-state index is 12.6. The first-order chi connectivity index (χ1) is 15.5. The van der Waals surface area contributed by atoms with Crippen molar-refractivity contribution in [3.63, 3.8) is 0 Å². The molecule has 0 unspecified atom stereocenters. The molecule has 13 heteroatoms. The number of carbonyl (C=O) groups is 2. The lowest BCUT2D eigenvalue weighted by Gasteiger charge is -2.17. The van der Waals surface area contributed by atoms with Crippen molar-refractivity contribution >= 4 is 34.7 Å². The van der Waals surface area contributed by atoms with E-state index in [2.05, 4.69) is 24.9 Å². The van der Waals surface area contributed by atoms with Crippen LogP contribution in [0.25, 0.3) is 0 Å². The summed E-state index contributed by atoms with van der Waals surface area (Å²) in [5.74, 6) is -1.25. The molecule has 3 aromatic rings. The zero-order valence-electron chi connectivity index (χ0n) is 16.5. The molecule has 4 heterocycles. The van der Waals surface area contributed by atoms with Crippen molar-refractivity contribution in [1.29, 1.82) is 0 Å². The van der Waals surface area contributed by atoms with Gasteiger partial charge in [0.1, 0.15) is 12.0 Å². The zero-order chi connectivity index (χ0) is 22.7. The number of fused-ring (bicyclic) bond motifs is 1. The summed E-state index contributed by atoms with van der Waals surface area (Å²) < 4.78 is 16.0. The summed E-state index contributed by atoms with van der Waals surface area (Å²) in [4.78, 5) is 45.2. The Labute approximate surface area is 184 Å². The van der Waals surface area contributed by atoms with Crippen LogP contribution in [0.3, 0.4) is 0 Å². The van der Waals surface area contributed by atoms with Crippen molar-refractivity contribution in [1.82, 2.24) is 19.9 Å². The molecule has 0 fully saturated rings. The third-order valence-corrected chi connectivity index (χ3v) is 4.89. The smallest absolute Gasteiger partial charge is 0.368 e. The summed E-state index contributed by atoms with van der Waals surface area (Å²) in [7, 11) is 1.36. The van der Waals surface area contributed by atoms with Crippen molar-refractivity contribution in [2.75, 3.05) is 7.11 Å². The summed E-state index contributed by atoms with van der Waals surface area (Å²) >= 11 is 1.20. The number of aromatic nitrogens is 4. The molecule has 3 aromatic heterocycles. The van der Waals surface area contributed by atoms with Crippen molar-refractivity contribution < 1.29 is 23.8 Å². The predicted molar refractivity (Wildman–Crippen MR) is 112 cm³/mol. The molecule has 4 rings (SSSR count). The van der Waals surface area contributed by atoms with Crippen LogP contribution in [0.5, 0.6) is 11.6 Å². The Hall–Kier alpha value is -4.39. The number of nitrogens with zero attached hydrogens (tertiary/aromatic N) is 5. The third kappa shape index (κ3) is 4.22. The van der Waals surface area contributed by atoms with Gasteiger partial charge in [-0.25, -0.2) is 29.7 Å². The van der Waals surface area contributed by atoms with Crippen LogP contribution in [0, 0.1) is 0 Å². The van der Waals surface area contributed by atoms with Gasteiger partial charge in [-0.15, -0.1) is 11.3 Å². The minimum Gasteiger partial charge on any atom is -0.494 e. The van der Waals surface area contributed by atoms with Crippen LogP contribution in [0.15, 0.2) is 47.2 Å². The standard InChI is InChI=1S/C19H15N7O5S/c1-29-11-6-9(26-19(20)21)7-23-14(11)18(28)31-12-3-2-10-13(24-8-25-16(10)30-12)15(27)17-22-4-5-32-17/h3-8H,2H2,1H3,(H4,20,21,26). The Kier molecular flexibility index (Phi) is 5.72. The maximum Gasteiger partial charge on any atom is 0.368 e. The highest BCUT2D eigenvalue weighted by atomic mass is 32.1. The number of nitrogens with two attached hydrogens (primary N) is 2. The van der Waals surface area contributed by atoms with E-state index >= 15 is 0 Å². The van der Waals surface area contributed by atoms with E-state index in [0.717, 1.165) is 0 Å². The highest BCUT2D eigenvalue weighted by Gasteiger charge is 2.27. The first-order valence-corrected chi connectivity index (χ1v) is 9.86. The van der Waals surface area contributed by atoms with Gasteiger partial charge in [-0.3, -0.25) is 4.79 Å². The predicted octanol–water partition coefficient (Wildman–Crippen LogP) is 1.11. The fourth-order valence-corrected chi connectivity index (χ4v) is 3.35. The number of rotatable bonds is 6. The fraction of sp³-hybridized carbons (Fsp3) is 0.105. The highest BCUT2D eigenvalue weighted by Crippen LogP contribution is 2.29. The number of aliphatic imine (C=N–C) groups is 1. The first-order valence-electron chi connectivity index (χ1n) is 8.98. The second kappa shape index (κ2) is 8.77. The second-order valence-corrected chi connectivity index (χ2v) is 7.07. The third-order valence-electron chi connectivity index (χ3n) is 4.12. The highest BCUT2D eigenvalue weighted by molar-refractivity contribution is 7.11. The van der Waals surface area contributed by atoms with Crippen molar-refractivity contribution in [2.45, 2.75) is 6.42 Å². The molecule has 4 N–H and O–H groups in total. The quantitative estimate of drug-likeness (QED) is 0.236. The summed E-state index contributed by atoms with van der Waals surface area (Å²) in [5, 5.41) is 2.00. The molecule has 1 aliphatic heterocycles. The lowest BCUT2D eigenvalue weighted by atomic mass is 10.1. The lowest BCUT2D eigenvalue weighted by molar-refractivity contribution is 0.0450. The van der Waals surface area contributed by atoms with Gasteiger partial charge in [-0.1, -0.05) is 0 Å². The van der Waals surface area contributed by atoms with Crippen LogP contribution in [-0.4, -0.2) is 44.8 Å². The molecule has 0 atom stereocenters. The Morgan fingerprint density at radius 1 is 1.19 bits per heavy atom. The molecule has 0 bridgehead atoms. The molecule has 0 saturated carbocycles. The van der Waals surface area contributed by atoms with Gasteiger partial charge in [0.05, 0.1) is 19.0 Å². The molecule has 0 aliphatic carbocycles. The lowest BCUT2D eigenvalue weighted by Crippen LogP contribution is -2.22. The minimum atomic E-state index is -0.832. The van der Waals surface area contributed by atoms with Crippen LogP contribution in [-0.2, 0) is 11.2 Å². The second-order valence-electron chi connectivity index (χ2n) is 6.17. The van der Waals surface area contributed by atoms with Crippen LogP contribution < -0.4 is 20.9 Å². The van der Waals surface area contributed by atoms with Crippen molar-refractivity contribution in [3.05, 3.63) is 64.1 Å². The van der Waals surface area contributed by atoms with E-state index in [1.54, 1.807) is 5.38 Å². The number of ketones is 1. The Bertz CT molecular complexity index is 1250. The van der Waals surface area contributed by atoms with E-state index in [-0.39, 0.29) is 47.1 Å². The van der Waals surface area contributed by atoms with Gasteiger partial charge >= 0.3 is 5.97 Å². The van der Waals surface area contributed by atoms with E-state index in [1.165, 1.54) is 49.3 Å². The first kappa shape index (κ1) is 20.9. The van der Waals surface area contributed by atoms with E-state index in [4.69, 9.17) is 25.7 Å². The SMILES string of the molecule is COc1cc(N=C(N)N)cnc1C(=O)OC1=CCc2c(ncnc2C(=O)c2nccs2)O1. The van der Waals surface area contributed by atoms with E-state index in [0.29, 0.717) is 16.3 Å². The molecule has 1 aliphatic rings.